The van der Waals surface area contributed by atoms with E-state index in [4.69, 9.17) is 10.5 Å². The lowest BCUT2D eigenvalue weighted by atomic mass is 10.0. The summed E-state index contributed by atoms with van der Waals surface area (Å²) in [5, 5.41) is 0. The van der Waals surface area contributed by atoms with Crippen molar-refractivity contribution in [1.82, 2.24) is 4.90 Å². The molecule has 1 aliphatic carbocycles. The third kappa shape index (κ3) is 3.67. The van der Waals surface area contributed by atoms with Crippen LogP contribution in [0, 0.1) is 5.92 Å². The molecular weight excluding hydrogens is 212 g/mol. The fourth-order valence-corrected chi connectivity index (χ4v) is 3.36. The third-order valence-corrected chi connectivity index (χ3v) is 4.40. The molecule has 3 atom stereocenters. The van der Waals surface area contributed by atoms with Crippen molar-refractivity contribution >= 4 is 0 Å². The molecule has 1 heterocycles. The molecule has 0 aromatic carbocycles. The summed E-state index contributed by atoms with van der Waals surface area (Å²) in [7, 11) is 0. The maximum absolute atomic E-state index is 5.84. The zero-order valence-electron chi connectivity index (χ0n) is 11.2. The highest BCUT2D eigenvalue weighted by Crippen LogP contribution is 2.29. The van der Waals surface area contributed by atoms with E-state index in [0.717, 1.165) is 31.7 Å². The molecule has 0 spiro atoms. The first kappa shape index (κ1) is 13.3. The molecule has 0 bridgehead atoms. The minimum Gasteiger partial charge on any atom is -0.375 e. The first-order chi connectivity index (χ1) is 8.31. The summed E-state index contributed by atoms with van der Waals surface area (Å²) in [4.78, 5) is 2.68. The van der Waals surface area contributed by atoms with Crippen LogP contribution in [0.5, 0.6) is 0 Å². The highest BCUT2D eigenvalue weighted by atomic mass is 16.5. The molecule has 1 aliphatic heterocycles. The third-order valence-electron chi connectivity index (χ3n) is 4.40. The predicted molar refractivity (Wildman–Crippen MR) is 71.0 cm³/mol. The quantitative estimate of drug-likeness (QED) is 0.772. The Morgan fingerprint density at radius 1 is 1.35 bits per heavy atom. The summed E-state index contributed by atoms with van der Waals surface area (Å²) in [5.41, 5.74) is 5.59. The second-order valence-corrected chi connectivity index (χ2v) is 5.77. The lowest BCUT2D eigenvalue weighted by molar-refractivity contribution is -0.0560. The molecule has 1 saturated heterocycles. The smallest absolute Gasteiger partial charge is 0.0730 e. The maximum Gasteiger partial charge on any atom is 0.0730 e. The molecule has 3 nitrogen and oxygen atoms in total. The molecule has 100 valence electrons. The van der Waals surface area contributed by atoms with Gasteiger partial charge in [0.25, 0.3) is 0 Å². The molecule has 17 heavy (non-hydrogen) atoms. The van der Waals surface area contributed by atoms with E-state index in [9.17, 15) is 0 Å². The van der Waals surface area contributed by atoms with Crippen molar-refractivity contribution in [3.63, 3.8) is 0 Å². The van der Waals surface area contributed by atoms with Gasteiger partial charge in [0, 0.05) is 12.6 Å². The van der Waals surface area contributed by atoms with Crippen LogP contribution in [0.3, 0.4) is 0 Å². The first-order valence-electron chi connectivity index (χ1n) is 7.37. The van der Waals surface area contributed by atoms with E-state index in [1.54, 1.807) is 0 Å². The summed E-state index contributed by atoms with van der Waals surface area (Å²) in [6, 6.07) is 0.730. The van der Waals surface area contributed by atoms with E-state index in [1.807, 2.05) is 0 Å². The highest BCUT2D eigenvalue weighted by molar-refractivity contribution is 4.89. The van der Waals surface area contributed by atoms with Gasteiger partial charge in [-0.25, -0.2) is 0 Å². The Balaban J connectivity index is 1.67. The monoisotopic (exact) mass is 240 g/mol. The van der Waals surface area contributed by atoms with Crippen molar-refractivity contribution in [3.8, 4) is 0 Å². The van der Waals surface area contributed by atoms with Gasteiger partial charge < -0.3 is 10.5 Å². The van der Waals surface area contributed by atoms with Crippen molar-refractivity contribution in [2.24, 2.45) is 11.7 Å². The van der Waals surface area contributed by atoms with Gasteiger partial charge >= 0.3 is 0 Å². The first-order valence-corrected chi connectivity index (χ1v) is 7.37. The average Bonchev–Trinajstić information content (AvgIpc) is 2.78. The summed E-state index contributed by atoms with van der Waals surface area (Å²) >= 11 is 0. The van der Waals surface area contributed by atoms with E-state index in [1.165, 1.54) is 45.1 Å². The molecule has 0 aromatic heterocycles. The lowest BCUT2D eigenvalue weighted by Crippen LogP contribution is -2.48. The molecule has 0 aromatic rings. The summed E-state index contributed by atoms with van der Waals surface area (Å²) in [6.45, 7) is 6.51. The van der Waals surface area contributed by atoms with Gasteiger partial charge in [-0.1, -0.05) is 6.92 Å². The number of nitrogens with two attached hydrogens (primary N) is 1. The van der Waals surface area contributed by atoms with Crippen LogP contribution < -0.4 is 5.73 Å². The van der Waals surface area contributed by atoms with Crippen LogP contribution in [-0.2, 0) is 4.74 Å². The van der Waals surface area contributed by atoms with E-state index < -0.39 is 0 Å². The van der Waals surface area contributed by atoms with Crippen LogP contribution in [-0.4, -0.2) is 43.3 Å². The van der Waals surface area contributed by atoms with E-state index in [2.05, 4.69) is 11.8 Å². The van der Waals surface area contributed by atoms with Crippen molar-refractivity contribution in [1.29, 1.82) is 0 Å². The van der Waals surface area contributed by atoms with Gasteiger partial charge in [-0.3, -0.25) is 4.90 Å². The normalized spacial score (nSPS) is 31.4. The zero-order chi connectivity index (χ0) is 12.1. The molecule has 0 radical (unpaired) electrons. The number of nitrogens with zero attached hydrogens (tertiary/aromatic N) is 1. The van der Waals surface area contributed by atoms with Crippen LogP contribution in [0.15, 0.2) is 0 Å². The van der Waals surface area contributed by atoms with Gasteiger partial charge in [-0.15, -0.1) is 0 Å². The molecular formula is C14H28N2O. The second-order valence-electron chi connectivity index (χ2n) is 5.77. The Bertz CT molecular complexity index is 222. The van der Waals surface area contributed by atoms with E-state index in [0.29, 0.717) is 6.10 Å². The Hall–Kier alpha value is -0.120. The zero-order valence-corrected chi connectivity index (χ0v) is 11.2. The minimum atomic E-state index is 0.546. The Kier molecular flexibility index (Phi) is 5.26. The summed E-state index contributed by atoms with van der Waals surface area (Å²) in [5.74, 6) is 0.792. The molecule has 2 fully saturated rings. The number of fused-ring (bicyclic) bond motifs is 1. The maximum atomic E-state index is 5.84. The van der Waals surface area contributed by atoms with E-state index in [-0.39, 0.29) is 0 Å². The van der Waals surface area contributed by atoms with Crippen molar-refractivity contribution in [3.05, 3.63) is 0 Å². The van der Waals surface area contributed by atoms with Gasteiger partial charge in [0.2, 0.25) is 0 Å². The van der Waals surface area contributed by atoms with Crippen molar-refractivity contribution < 1.29 is 4.74 Å². The summed E-state index contributed by atoms with van der Waals surface area (Å²) < 4.78 is 5.84. The number of ether oxygens (including phenoxy) is 1. The van der Waals surface area contributed by atoms with Crippen molar-refractivity contribution in [2.75, 3.05) is 26.2 Å². The number of morpholine rings is 1. The molecule has 1 saturated carbocycles. The van der Waals surface area contributed by atoms with E-state index >= 15 is 0 Å². The number of hydrogen-bond acceptors (Lipinski definition) is 3. The number of hydrogen-bond donors (Lipinski definition) is 1. The van der Waals surface area contributed by atoms with Gasteiger partial charge in [-0.05, 0) is 57.5 Å². The van der Waals surface area contributed by atoms with Gasteiger partial charge in [-0.2, -0.15) is 0 Å². The molecule has 2 N–H and O–H groups in total. The lowest BCUT2D eigenvalue weighted by Gasteiger charge is -2.37. The predicted octanol–water partition coefficient (Wildman–Crippen LogP) is 2.00. The largest absolute Gasteiger partial charge is 0.375 e. The SMILES string of the molecule is CC(CCN)CCCN1CCOC2CCCC21. The van der Waals surface area contributed by atoms with Crippen LogP contribution >= 0.6 is 0 Å². The van der Waals surface area contributed by atoms with Crippen molar-refractivity contribution in [2.45, 2.75) is 57.6 Å². The van der Waals surface area contributed by atoms with Crippen LogP contribution in [0.25, 0.3) is 0 Å². The highest BCUT2D eigenvalue weighted by Gasteiger charge is 2.35. The van der Waals surface area contributed by atoms with Gasteiger partial charge in [0.05, 0.1) is 12.7 Å². The second kappa shape index (κ2) is 6.72. The topological polar surface area (TPSA) is 38.5 Å². The Morgan fingerprint density at radius 2 is 2.24 bits per heavy atom. The Labute approximate surface area is 106 Å². The summed E-state index contributed by atoms with van der Waals surface area (Å²) in [6.07, 6.45) is 8.36. The van der Waals surface area contributed by atoms with Crippen LogP contribution in [0.2, 0.25) is 0 Å². The molecule has 2 aliphatic rings. The van der Waals surface area contributed by atoms with Gasteiger partial charge in [0.15, 0.2) is 0 Å². The number of rotatable bonds is 6. The van der Waals surface area contributed by atoms with Crippen LogP contribution in [0.1, 0.15) is 45.4 Å². The standard InChI is InChI=1S/C14H28N2O/c1-12(7-8-15)4-3-9-16-10-11-17-14-6-2-5-13(14)16/h12-14H,2-11,15H2,1H3. The molecule has 3 heteroatoms. The fraction of sp³-hybridized carbons (Fsp3) is 1.00. The molecule has 3 unspecified atom stereocenters. The van der Waals surface area contributed by atoms with Gasteiger partial charge in [0.1, 0.15) is 0 Å². The average molecular weight is 240 g/mol. The fourth-order valence-electron chi connectivity index (χ4n) is 3.36. The van der Waals surface area contributed by atoms with Crippen LogP contribution in [0.4, 0.5) is 0 Å². The molecule has 2 rings (SSSR count). The minimum absolute atomic E-state index is 0.546. The Morgan fingerprint density at radius 3 is 3.06 bits per heavy atom. The molecule has 0 amide bonds.